The van der Waals surface area contributed by atoms with Gasteiger partial charge in [-0.15, -0.1) is 0 Å². The molecule has 1 fully saturated rings. The SMILES string of the molecule is O=C(O)C1CN(C(=O)c2cccc(C3CCOC3)c2)c2ccccc21. The van der Waals surface area contributed by atoms with Crippen LogP contribution in [0.15, 0.2) is 48.5 Å². The van der Waals surface area contributed by atoms with Gasteiger partial charge in [0.1, 0.15) is 5.92 Å². The maximum absolute atomic E-state index is 13.0. The number of nitrogens with zero attached hydrogens (tertiary/aromatic N) is 1. The van der Waals surface area contributed by atoms with Crippen LogP contribution in [-0.2, 0) is 9.53 Å². The number of carbonyl (C=O) groups excluding carboxylic acids is 1. The number of hydrogen-bond acceptors (Lipinski definition) is 3. The molecule has 2 unspecified atom stereocenters. The fourth-order valence-electron chi connectivity index (χ4n) is 3.69. The average molecular weight is 337 g/mol. The molecule has 128 valence electrons. The smallest absolute Gasteiger partial charge is 0.312 e. The summed E-state index contributed by atoms with van der Waals surface area (Å²) in [4.78, 5) is 26.2. The molecule has 2 aromatic rings. The van der Waals surface area contributed by atoms with Crippen LogP contribution < -0.4 is 4.90 Å². The number of amides is 1. The number of carboxylic acids is 1. The maximum atomic E-state index is 13.0. The zero-order chi connectivity index (χ0) is 17.4. The normalized spacial score (nSPS) is 22.0. The van der Waals surface area contributed by atoms with Crippen molar-refractivity contribution in [3.63, 3.8) is 0 Å². The molecule has 1 amide bonds. The Morgan fingerprint density at radius 3 is 2.72 bits per heavy atom. The predicted molar refractivity (Wildman–Crippen MR) is 93.1 cm³/mol. The summed E-state index contributed by atoms with van der Waals surface area (Å²) in [6.45, 7) is 1.61. The van der Waals surface area contributed by atoms with E-state index in [0.29, 0.717) is 29.3 Å². The van der Waals surface area contributed by atoms with Crippen molar-refractivity contribution in [2.45, 2.75) is 18.3 Å². The minimum Gasteiger partial charge on any atom is -0.481 e. The highest BCUT2D eigenvalue weighted by atomic mass is 16.5. The lowest BCUT2D eigenvalue weighted by atomic mass is 9.96. The summed E-state index contributed by atoms with van der Waals surface area (Å²) < 4.78 is 5.44. The quantitative estimate of drug-likeness (QED) is 0.935. The summed E-state index contributed by atoms with van der Waals surface area (Å²) >= 11 is 0. The third-order valence-electron chi connectivity index (χ3n) is 5.05. The van der Waals surface area contributed by atoms with Gasteiger partial charge in [-0.05, 0) is 35.7 Å². The van der Waals surface area contributed by atoms with Crippen LogP contribution in [0.2, 0.25) is 0 Å². The maximum Gasteiger partial charge on any atom is 0.312 e. The number of fused-ring (bicyclic) bond motifs is 1. The van der Waals surface area contributed by atoms with E-state index in [0.717, 1.165) is 18.6 Å². The molecule has 0 spiro atoms. The molecule has 0 aliphatic carbocycles. The van der Waals surface area contributed by atoms with E-state index >= 15 is 0 Å². The monoisotopic (exact) mass is 337 g/mol. The fourth-order valence-corrected chi connectivity index (χ4v) is 3.69. The van der Waals surface area contributed by atoms with Crippen molar-refractivity contribution in [2.75, 3.05) is 24.7 Å². The first-order chi connectivity index (χ1) is 12.1. The number of carbonyl (C=O) groups is 2. The number of anilines is 1. The van der Waals surface area contributed by atoms with Crippen LogP contribution in [0.25, 0.3) is 0 Å². The van der Waals surface area contributed by atoms with Gasteiger partial charge in [-0.2, -0.15) is 0 Å². The van der Waals surface area contributed by atoms with Crippen LogP contribution in [0, 0.1) is 0 Å². The molecule has 0 aromatic heterocycles. The first-order valence-electron chi connectivity index (χ1n) is 8.46. The van der Waals surface area contributed by atoms with Crippen LogP contribution in [0.4, 0.5) is 5.69 Å². The van der Waals surface area contributed by atoms with Crippen molar-refractivity contribution in [2.24, 2.45) is 0 Å². The fraction of sp³-hybridized carbons (Fsp3) is 0.300. The Kier molecular flexibility index (Phi) is 4.01. The van der Waals surface area contributed by atoms with Crippen LogP contribution in [-0.4, -0.2) is 36.7 Å². The topological polar surface area (TPSA) is 66.8 Å². The van der Waals surface area contributed by atoms with Crippen molar-refractivity contribution >= 4 is 17.6 Å². The molecule has 25 heavy (non-hydrogen) atoms. The zero-order valence-electron chi connectivity index (χ0n) is 13.7. The summed E-state index contributed by atoms with van der Waals surface area (Å²) in [5.74, 6) is -1.41. The predicted octanol–water partition coefficient (Wildman–Crippen LogP) is 3.02. The van der Waals surface area contributed by atoms with Gasteiger partial charge in [0.2, 0.25) is 0 Å². The van der Waals surface area contributed by atoms with Crippen LogP contribution >= 0.6 is 0 Å². The van der Waals surface area contributed by atoms with Gasteiger partial charge in [-0.1, -0.05) is 30.3 Å². The summed E-state index contributed by atoms with van der Waals surface area (Å²) in [6.07, 6.45) is 0.964. The second-order valence-electron chi connectivity index (χ2n) is 6.55. The Morgan fingerprint density at radius 1 is 1.12 bits per heavy atom. The van der Waals surface area contributed by atoms with Crippen LogP contribution in [0.1, 0.15) is 39.7 Å². The Balaban J connectivity index is 1.65. The van der Waals surface area contributed by atoms with E-state index in [1.54, 1.807) is 17.0 Å². The number of para-hydroxylation sites is 1. The summed E-state index contributed by atoms with van der Waals surface area (Å²) in [5, 5.41) is 9.47. The lowest BCUT2D eigenvalue weighted by Gasteiger charge is -2.18. The molecule has 1 N–H and O–H groups in total. The molecule has 2 aromatic carbocycles. The molecule has 2 aliphatic rings. The standard InChI is InChI=1S/C20H19NO4/c22-19(14-5-3-4-13(10-14)15-8-9-25-12-15)21-11-17(20(23)24)16-6-1-2-7-18(16)21/h1-7,10,15,17H,8-9,11-12H2,(H,23,24). The zero-order valence-corrected chi connectivity index (χ0v) is 13.7. The molecule has 5 heteroatoms. The highest BCUT2D eigenvalue weighted by Crippen LogP contribution is 2.37. The Hall–Kier alpha value is -2.66. The van der Waals surface area contributed by atoms with Gasteiger partial charge in [-0.3, -0.25) is 9.59 Å². The molecule has 1 saturated heterocycles. The second-order valence-corrected chi connectivity index (χ2v) is 6.55. The third kappa shape index (κ3) is 2.81. The number of hydrogen-bond donors (Lipinski definition) is 1. The first-order valence-corrected chi connectivity index (χ1v) is 8.46. The van der Waals surface area contributed by atoms with E-state index in [9.17, 15) is 14.7 Å². The molecule has 2 aliphatic heterocycles. The first kappa shape index (κ1) is 15.8. The largest absolute Gasteiger partial charge is 0.481 e. The Bertz CT molecular complexity index is 826. The molecule has 0 radical (unpaired) electrons. The summed E-state index contributed by atoms with van der Waals surface area (Å²) in [5.41, 5.74) is 3.08. The average Bonchev–Trinajstić information content (AvgIpc) is 3.29. The van der Waals surface area contributed by atoms with Gasteiger partial charge in [0, 0.05) is 30.3 Å². The lowest BCUT2D eigenvalue weighted by molar-refractivity contribution is -0.138. The van der Waals surface area contributed by atoms with Gasteiger partial charge >= 0.3 is 5.97 Å². The lowest BCUT2D eigenvalue weighted by Crippen LogP contribution is -2.31. The van der Waals surface area contributed by atoms with Crippen LogP contribution in [0.5, 0.6) is 0 Å². The van der Waals surface area contributed by atoms with Gasteiger partial charge in [-0.25, -0.2) is 0 Å². The van der Waals surface area contributed by atoms with E-state index in [2.05, 4.69) is 0 Å². The van der Waals surface area contributed by atoms with E-state index in [4.69, 9.17) is 4.74 Å². The van der Waals surface area contributed by atoms with E-state index < -0.39 is 11.9 Å². The molecule has 2 atom stereocenters. The van der Waals surface area contributed by atoms with Gasteiger partial charge in [0.15, 0.2) is 0 Å². The van der Waals surface area contributed by atoms with Crippen molar-refractivity contribution in [3.8, 4) is 0 Å². The minimum absolute atomic E-state index is 0.156. The van der Waals surface area contributed by atoms with Crippen molar-refractivity contribution < 1.29 is 19.4 Å². The minimum atomic E-state index is -0.903. The number of ether oxygens (including phenoxy) is 1. The van der Waals surface area contributed by atoms with Crippen molar-refractivity contribution in [1.29, 1.82) is 0 Å². The second kappa shape index (κ2) is 6.33. The molecular weight excluding hydrogens is 318 g/mol. The molecule has 0 bridgehead atoms. The third-order valence-corrected chi connectivity index (χ3v) is 5.05. The summed E-state index contributed by atoms with van der Waals surface area (Å²) in [7, 11) is 0. The highest BCUT2D eigenvalue weighted by molar-refractivity contribution is 6.08. The molecule has 5 nitrogen and oxygen atoms in total. The van der Waals surface area contributed by atoms with E-state index in [1.165, 1.54) is 0 Å². The molecule has 0 saturated carbocycles. The Labute approximate surface area is 145 Å². The number of aliphatic carboxylic acids is 1. The van der Waals surface area contributed by atoms with Crippen molar-refractivity contribution in [3.05, 3.63) is 65.2 Å². The summed E-state index contributed by atoms with van der Waals surface area (Å²) in [6, 6.07) is 14.8. The van der Waals surface area contributed by atoms with Crippen molar-refractivity contribution in [1.82, 2.24) is 0 Å². The van der Waals surface area contributed by atoms with Gasteiger partial charge in [0.05, 0.1) is 6.61 Å². The van der Waals surface area contributed by atoms with Gasteiger partial charge < -0.3 is 14.7 Å². The number of rotatable bonds is 3. The Morgan fingerprint density at radius 2 is 1.96 bits per heavy atom. The van der Waals surface area contributed by atoms with E-state index in [1.807, 2.05) is 36.4 Å². The van der Waals surface area contributed by atoms with Gasteiger partial charge in [0.25, 0.3) is 5.91 Å². The molecule has 4 rings (SSSR count). The number of carboxylic acid groups (broad SMARTS) is 1. The molecule has 2 heterocycles. The number of benzene rings is 2. The van der Waals surface area contributed by atoms with E-state index in [-0.39, 0.29) is 12.5 Å². The highest BCUT2D eigenvalue weighted by Gasteiger charge is 2.36. The van der Waals surface area contributed by atoms with Crippen LogP contribution in [0.3, 0.4) is 0 Å². The molecular formula is C20H19NO4.